The van der Waals surface area contributed by atoms with E-state index in [1.807, 2.05) is 30.3 Å². The zero-order valence-corrected chi connectivity index (χ0v) is 16.1. The van der Waals surface area contributed by atoms with Crippen LogP contribution in [0.4, 0.5) is 5.69 Å². The normalized spacial score (nSPS) is 20.1. The lowest BCUT2D eigenvalue weighted by atomic mass is 9.98. The number of anilines is 1. The number of benzene rings is 3. The number of nitrogens with zero attached hydrogens (tertiary/aromatic N) is 2. The van der Waals surface area contributed by atoms with Crippen molar-refractivity contribution < 1.29 is 8.42 Å². The Morgan fingerprint density at radius 3 is 2.50 bits per heavy atom. The van der Waals surface area contributed by atoms with Gasteiger partial charge in [0.05, 0.1) is 9.79 Å². The molecule has 3 aromatic rings. The first-order valence-corrected chi connectivity index (χ1v) is 10.8. The first-order valence-electron chi connectivity index (χ1n) is 9.34. The van der Waals surface area contributed by atoms with Crippen molar-refractivity contribution in [1.29, 1.82) is 0 Å². The Morgan fingerprint density at radius 2 is 1.61 bits per heavy atom. The number of sulfone groups is 1. The maximum absolute atomic E-state index is 13.0. The summed E-state index contributed by atoms with van der Waals surface area (Å²) in [5, 5.41) is 0. The number of hydrogen-bond donors (Lipinski definition) is 0. The molecule has 1 unspecified atom stereocenters. The Hall–Kier alpha value is -3.05. The first kappa shape index (κ1) is 16.0. The molecule has 0 spiro atoms. The van der Waals surface area contributed by atoms with Crippen molar-refractivity contribution in [1.82, 2.24) is 4.90 Å². The molecule has 6 rings (SSSR count). The zero-order chi connectivity index (χ0) is 19.0. The quantitative estimate of drug-likeness (QED) is 0.490. The Bertz CT molecular complexity index is 1290. The molecule has 4 nitrogen and oxygen atoms in total. The fourth-order valence-electron chi connectivity index (χ4n) is 4.62. The molecule has 3 heterocycles. The van der Waals surface area contributed by atoms with Crippen LogP contribution in [0.1, 0.15) is 5.56 Å². The first-order chi connectivity index (χ1) is 13.5. The summed E-state index contributed by atoms with van der Waals surface area (Å²) in [5.41, 5.74) is 6.12. The predicted molar refractivity (Wildman–Crippen MR) is 110 cm³/mol. The summed E-state index contributed by atoms with van der Waals surface area (Å²) in [5.74, 6) is 0. The van der Waals surface area contributed by atoms with Gasteiger partial charge in [0.25, 0.3) is 0 Å². The summed E-state index contributed by atoms with van der Waals surface area (Å²) in [4.78, 5) is 5.34. The van der Waals surface area contributed by atoms with E-state index in [0.717, 1.165) is 28.7 Å². The lowest BCUT2D eigenvalue weighted by Crippen LogP contribution is -2.33. The van der Waals surface area contributed by atoms with Crippen LogP contribution in [0, 0.1) is 0 Å². The van der Waals surface area contributed by atoms with Crippen LogP contribution in [-0.4, -0.2) is 26.5 Å². The van der Waals surface area contributed by atoms with Gasteiger partial charge in [-0.15, -0.1) is 0 Å². The van der Waals surface area contributed by atoms with E-state index in [0.29, 0.717) is 16.0 Å². The lowest BCUT2D eigenvalue weighted by Gasteiger charge is -2.23. The zero-order valence-electron chi connectivity index (χ0n) is 15.3. The highest BCUT2D eigenvalue weighted by molar-refractivity contribution is 7.92. The van der Waals surface area contributed by atoms with Crippen LogP contribution in [0.15, 0.2) is 82.9 Å². The minimum absolute atomic E-state index is 0.347. The molecule has 0 N–H and O–H groups in total. The molecule has 3 aromatic carbocycles. The highest BCUT2D eigenvalue weighted by Gasteiger charge is 2.34. The fraction of sp³-hybridized carbons (Fsp3) is 0.130. The third-order valence-corrected chi connectivity index (χ3v) is 7.94. The van der Waals surface area contributed by atoms with E-state index in [1.165, 1.54) is 11.3 Å². The average molecular weight is 386 g/mol. The van der Waals surface area contributed by atoms with E-state index >= 15 is 0 Å². The summed E-state index contributed by atoms with van der Waals surface area (Å²) < 4.78 is 26.0. The standard InChI is InChI=1S/C23H18N2O2S/c1-24-10-11-25-20-9-7-15(12-17(20)14-23(24)25)16-6-8-19-18-4-2-3-5-21(18)28(26,27)22(19)13-16/h2-13,23H,14H2,1H3. The molecule has 0 saturated carbocycles. The molecule has 0 amide bonds. The molecule has 0 aromatic heterocycles. The molecule has 5 heteroatoms. The van der Waals surface area contributed by atoms with Crippen molar-refractivity contribution in [2.45, 2.75) is 22.4 Å². The van der Waals surface area contributed by atoms with Crippen LogP contribution in [0.5, 0.6) is 0 Å². The molecule has 0 saturated heterocycles. The van der Waals surface area contributed by atoms with Gasteiger partial charge in [-0.25, -0.2) is 8.42 Å². The Labute approximate surface area is 164 Å². The summed E-state index contributed by atoms with van der Waals surface area (Å²) in [6, 6.07) is 19.5. The van der Waals surface area contributed by atoms with Crippen molar-refractivity contribution in [3.05, 3.63) is 78.6 Å². The van der Waals surface area contributed by atoms with Crippen LogP contribution < -0.4 is 4.90 Å². The van der Waals surface area contributed by atoms with Crippen LogP contribution in [-0.2, 0) is 16.3 Å². The smallest absolute Gasteiger partial charge is 0.207 e. The van der Waals surface area contributed by atoms with Crippen molar-refractivity contribution in [3.63, 3.8) is 0 Å². The molecule has 1 atom stereocenters. The number of rotatable bonds is 1. The number of likely N-dealkylation sites (N-methyl/N-ethyl adjacent to an activating group) is 1. The van der Waals surface area contributed by atoms with Gasteiger partial charge in [0.2, 0.25) is 9.84 Å². The average Bonchev–Trinajstić information content (AvgIpc) is 3.32. The highest BCUT2D eigenvalue weighted by Crippen LogP contribution is 2.45. The molecule has 0 fully saturated rings. The van der Waals surface area contributed by atoms with Gasteiger partial charge in [0.15, 0.2) is 0 Å². The van der Waals surface area contributed by atoms with Crippen molar-refractivity contribution in [2.24, 2.45) is 0 Å². The molecule has 3 aliphatic rings. The van der Waals surface area contributed by atoms with Gasteiger partial charge in [0.1, 0.15) is 6.17 Å². The van der Waals surface area contributed by atoms with Gasteiger partial charge in [-0.2, -0.15) is 0 Å². The van der Waals surface area contributed by atoms with Gasteiger partial charge >= 0.3 is 0 Å². The lowest BCUT2D eigenvalue weighted by molar-refractivity contribution is 0.369. The van der Waals surface area contributed by atoms with E-state index < -0.39 is 9.84 Å². The number of fused-ring (bicyclic) bond motifs is 6. The minimum Gasteiger partial charge on any atom is -0.358 e. The summed E-state index contributed by atoms with van der Waals surface area (Å²) in [7, 11) is -1.36. The SMILES string of the molecule is CN1C=CN2c3ccc(-c4ccc5c(c4)S(=O)(=O)c4ccccc4-5)cc3CC12. The van der Waals surface area contributed by atoms with Crippen LogP contribution in [0.2, 0.25) is 0 Å². The third kappa shape index (κ3) is 1.97. The highest BCUT2D eigenvalue weighted by atomic mass is 32.2. The van der Waals surface area contributed by atoms with Gasteiger partial charge in [-0.05, 0) is 41.0 Å². The Kier molecular flexibility index (Phi) is 3.00. The predicted octanol–water partition coefficient (Wildman–Crippen LogP) is 4.27. The fourth-order valence-corrected chi connectivity index (χ4v) is 6.33. The monoisotopic (exact) mass is 386 g/mol. The number of hydrogen-bond acceptors (Lipinski definition) is 4. The van der Waals surface area contributed by atoms with Gasteiger partial charge in [-0.3, -0.25) is 0 Å². The third-order valence-electron chi connectivity index (χ3n) is 6.08. The second-order valence-electron chi connectivity index (χ2n) is 7.61. The molecular weight excluding hydrogens is 368 g/mol. The Balaban J connectivity index is 1.46. The molecular formula is C23H18N2O2S. The molecule has 0 bridgehead atoms. The van der Waals surface area contributed by atoms with Crippen LogP contribution in [0.3, 0.4) is 0 Å². The maximum atomic E-state index is 13.0. The minimum atomic E-state index is -3.45. The second-order valence-corrected chi connectivity index (χ2v) is 9.50. The molecule has 3 aliphatic heterocycles. The summed E-state index contributed by atoms with van der Waals surface area (Å²) in [6.07, 6.45) is 5.53. The van der Waals surface area contributed by atoms with Crippen molar-refractivity contribution >= 4 is 15.5 Å². The largest absolute Gasteiger partial charge is 0.358 e. The van der Waals surface area contributed by atoms with Crippen molar-refractivity contribution in [3.8, 4) is 22.3 Å². The summed E-state index contributed by atoms with van der Waals surface area (Å²) in [6.45, 7) is 0. The van der Waals surface area contributed by atoms with E-state index in [4.69, 9.17) is 0 Å². The van der Waals surface area contributed by atoms with E-state index in [2.05, 4.69) is 47.4 Å². The second kappa shape index (κ2) is 5.26. The van der Waals surface area contributed by atoms with Gasteiger partial charge < -0.3 is 9.80 Å². The maximum Gasteiger partial charge on any atom is 0.207 e. The van der Waals surface area contributed by atoms with Gasteiger partial charge in [-0.1, -0.05) is 36.4 Å². The molecule has 0 radical (unpaired) electrons. The molecule has 0 aliphatic carbocycles. The van der Waals surface area contributed by atoms with E-state index in [1.54, 1.807) is 12.1 Å². The summed E-state index contributed by atoms with van der Waals surface area (Å²) >= 11 is 0. The van der Waals surface area contributed by atoms with Gasteiger partial charge in [0, 0.05) is 42.7 Å². The van der Waals surface area contributed by atoms with Crippen molar-refractivity contribution in [2.75, 3.05) is 11.9 Å². The Morgan fingerprint density at radius 1 is 0.857 bits per heavy atom. The topological polar surface area (TPSA) is 40.6 Å². The van der Waals surface area contributed by atoms with Crippen LogP contribution >= 0.6 is 0 Å². The molecule has 138 valence electrons. The van der Waals surface area contributed by atoms with E-state index in [-0.39, 0.29) is 0 Å². The van der Waals surface area contributed by atoms with E-state index in [9.17, 15) is 8.42 Å². The van der Waals surface area contributed by atoms with Crippen LogP contribution in [0.25, 0.3) is 22.3 Å². The molecule has 28 heavy (non-hydrogen) atoms.